The van der Waals surface area contributed by atoms with Crippen molar-refractivity contribution in [2.45, 2.75) is 20.0 Å². The summed E-state index contributed by atoms with van der Waals surface area (Å²) >= 11 is 0. The van der Waals surface area contributed by atoms with Gasteiger partial charge in [-0.2, -0.15) is 0 Å². The maximum Gasteiger partial charge on any atom is 0.291 e. The van der Waals surface area contributed by atoms with E-state index in [1.807, 2.05) is 13.8 Å². The first-order chi connectivity index (χ1) is 14.0. The fourth-order valence-corrected chi connectivity index (χ4v) is 2.60. The molecule has 7 heteroatoms. The van der Waals surface area contributed by atoms with Crippen LogP contribution in [0.1, 0.15) is 34.8 Å². The number of hydrogen-bond donors (Lipinski definition) is 2. The second kappa shape index (κ2) is 8.97. The number of furan rings is 1. The van der Waals surface area contributed by atoms with Gasteiger partial charge in [-0.1, -0.05) is 0 Å². The number of anilines is 2. The van der Waals surface area contributed by atoms with Crippen LogP contribution in [0, 0.1) is 0 Å². The van der Waals surface area contributed by atoms with Gasteiger partial charge in [-0.15, -0.1) is 0 Å². The van der Waals surface area contributed by atoms with Crippen LogP contribution >= 0.6 is 0 Å². The van der Waals surface area contributed by atoms with Crippen LogP contribution < -0.4 is 20.1 Å². The highest BCUT2D eigenvalue weighted by Crippen LogP contribution is 2.29. The Morgan fingerprint density at radius 1 is 0.897 bits per heavy atom. The predicted molar refractivity (Wildman–Crippen MR) is 110 cm³/mol. The minimum Gasteiger partial charge on any atom is -0.493 e. The molecule has 29 heavy (non-hydrogen) atoms. The van der Waals surface area contributed by atoms with E-state index in [1.54, 1.807) is 54.6 Å². The molecule has 0 atom stereocenters. The molecule has 2 N–H and O–H groups in total. The first-order valence-corrected chi connectivity index (χ1v) is 9.07. The zero-order valence-corrected chi connectivity index (χ0v) is 16.4. The highest BCUT2D eigenvalue weighted by molar-refractivity contribution is 6.05. The maximum atomic E-state index is 12.5. The Morgan fingerprint density at radius 2 is 1.55 bits per heavy atom. The quantitative estimate of drug-likeness (QED) is 0.612. The van der Waals surface area contributed by atoms with Gasteiger partial charge < -0.3 is 24.5 Å². The average molecular weight is 394 g/mol. The molecule has 0 fully saturated rings. The summed E-state index contributed by atoms with van der Waals surface area (Å²) in [5.41, 5.74) is 1.61. The van der Waals surface area contributed by atoms with Crippen LogP contribution in [0.5, 0.6) is 11.5 Å². The summed E-state index contributed by atoms with van der Waals surface area (Å²) in [5, 5.41) is 5.53. The van der Waals surface area contributed by atoms with Gasteiger partial charge in [0.05, 0.1) is 19.5 Å². The lowest BCUT2D eigenvalue weighted by molar-refractivity contribution is 0.0994. The van der Waals surface area contributed by atoms with Gasteiger partial charge in [0.25, 0.3) is 11.8 Å². The molecular formula is C22H22N2O5. The van der Waals surface area contributed by atoms with E-state index in [0.29, 0.717) is 28.4 Å². The summed E-state index contributed by atoms with van der Waals surface area (Å²) in [5.74, 6) is 0.661. The minimum atomic E-state index is -0.345. The van der Waals surface area contributed by atoms with Crippen LogP contribution in [-0.4, -0.2) is 25.0 Å². The van der Waals surface area contributed by atoms with Crippen molar-refractivity contribution in [3.63, 3.8) is 0 Å². The molecule has 150 valence electrons. The second-order valence-electron chi connectivity index (χ2n) is 6.50. The van der Waals surface area contributed by atoms with Gasteiger partial charge in [0, 0.05) is 16.9 Å². The molecule has 2 amide bonds. The number of methoxy groups -OCH3 is 1. The van der Waals surface area contributed by atoms with Crippen molar-refractivity contribution in [3.8, 4) is 11.5 Å². The predicted octanol–water partition coefficient (Wildman–Crippen LogP) is 4.58. The van der Waals surface area contributed by atoms with E-state index in [-0.39, 0.29) is 23.7 Å². The molecule has 1 aromatic heterocycles. The number of benzene rings is 2. The van der Waals surface area contributed by atoms with Crippen molar-refractivity contribution in [3.05, 3.63) is 72.2 Å². The minimum absolute atomic E-state index is 0.00429. The number of carbonyl (C=O) groups is 2. The fraction of sp³-hybridized carbons (Fsp3) is 0.182. The van der Waals surface area contributed by atoms with Crippen LogP contribution in [0.4, 0.5) is 11.4 Å². The summed E-state index contributed by atoms with van der Waals surface area (Å²) < 4.78 is 16.0. The number of rotatable bonds is 7. The average Bonchev–Trinajstić information content (AvgIpc) is 3.24. The Kier molecular flexibility index (Phi) is 6.19. The molecule has 3 rings (SSSR count). The molecule has 0 aliphatic carbocycles. The summed E-state index contributed by atoms with van der Waals surface area (Å²) in [6.45, 7) is 3.83. The van der Waals surface area contributed by atoms with Gasteiger partial charge in [0.2, 0.25) is 0 Å². The first kappa shape index (κ1) is 20.0. The smallest absolute Gasteiger partial charge is 0.291 e. The van der Waals surface area contributed by atoms with Crippen molar-refractivity contribution in [1.82, 2.24) is 0 Å². The SMILES string of the molecule is COc1cc(C(=O)Nc2ccc(NC(=O)c3ccco3)cc2)ccc1OC(C)C. The molecule has 7 nitrogen and oxygen atoms in total. The Balaban J connectivity index is 1.65. The van der Waals surface area contributed by atoms with Crippen molar-refractivity contribution in [1.29, 1.82) is 0 Å². The number of carbonyl (C=O) groups excluding carboxylic acids is 2. The van der Waals surface area contributed by atoms with Crippen LogP contribution in [-0.2, 0) is 0 Å². The van der Waals surface area contributed by atoms with Crippen LogP contribution in [0.15, 0.2) is 65.3 Å². The lowest BCUT2D eigenvalue weighted by Gasteiger charge is -2.14. The molecule has 0 radical (unpaired) electrons. The van der Waals surface area contributed by atoms with Gasteiger partial charge in [-0.25, -0.2) is 0 Å². The van der Waals surface area contributed by atoms with Crippen molar-refractivity contribution < 1.29 is 23.5 Å². The van der Waals surface area contributed by atoms with E-state index in [2.05, 4.69) is 10.6 Å². The Bertz CT molecular complexity index is 979. The summed E-state index contributed by atoms with van der Waals surface area (Å²) in [4.78, 5) is 24.5. The molecule has 0 aliphatic rings. The highest BCUT2D eigenvalue weighted by atomic mass is 16.5. The van der Waals surface area contributed by atoms with Crippen molar-refractivity contribution in [2.75, 3.05) is 17.7 Å². The molecule has 3 aromatic rings. The first-order valence-electron chi connectivity index (χ1n) is 9.07. The molecule has 0 bridgehead atoms. The highest BCUT2D eigenvalue weighted by Gasteiger charge is 2.13. The van der Waals surface area contributed by atoms with Crippen molar-refractivity contribution >= 4 is 23.2 Å². The van der Waals surface area contributed by atoms with E-state index >= 15 is 0 Å². The topological polar surface area (TPSA) is 89.8 Å². The van der Waals surface area contributed by atoms with E-state index in [1.165, 1.54) is 13.4 Å². The van der Waals surface area contributed by atoms with E-state index in [4.69, 9.17) is 13.9 Å². The van der Waals surface area contributed by atoms with Gasteiger partial charge >= 0.3 is 0 Å². The zero-order valence-electron chi connectivity index (χ0n) is 16.4. The third kappa shape index (κ3) is 5.16. The molecule has 0 saturated heterocycles. The van der Waals surface area contributed by atoms with E-state index in [0.717, 1.165) is 0 Å². The Hall–Kier alpha value is -3.74. The lowest BCUT2D eigenvalue weighted by Crippen LogP contribution is -2.13. The Labute approximate surface area is 168 Å². The van der Waals surface area contributed by atoms with Crippen molar-refractivity contribution in [2.24, 2.45) is 0 Å². The van der Waals surface area contributed by atoms with Crippen LogP contribution in [0.25, 0.3) is 0 Å². The third-order valence-electron chi connectivity index (χ3n) is 3.93. The summed E-state index contributed by atoms with van der Waals surface area (Å²) in [7, 11) is 1.53. The van der Waals surface area contributed by atoms with Crippen LogP contribution in [0.3, 0.4) is 0 Å². The van der Waals surface area contributed by atoms with Gasteiger partial charge in [-0.3, -0.25) is 9.59 Å². The molecule has 0 aliphatic heterocycles. The fourth-order valence-electron chi connectivity index (χ4n) is 2.60. The number of ether oxygens (including phenoxy) is 2. The second-order valence-corrected chi connectivity index (χ2v) is 6.50. The molecule has 1 heterocycles. The standard InChI is InChI=1S/C22H22N2O5/c1-14(2)29-18-11-6-15(13-20(18)27-3)21(25)23-16-7-9-17(10-8-16)24-22(26)19-5-4-12-28-19/h4-14H,1-3H3,(H,23,25)(H,24,26). The zero-order chi connectivity index (χ0) is 20.8. The monoisotopic (exact) mass is 394 g/mol. The largest absolute Gasteiger partial charge is 0.493 e. The Morgan fingerprint density at radius 3 is 2.10 bits per heavy atom. The normalized spacial score (nSPS) is 10.5. The molecule has 2 aromatic carbocycles. The molecule has 0 spiro atoms. The number of amides is 2. The number of nitrogens with one attached hydrogen (secondary N) is 2. The van der Waals surface area contributed by atoms with Gasteiger partial charge in [0.15, 0.2) is 17.3 Å². The van der Waals surface area contributed by atoms with Gasteiger partial charge in [-0.05, 0) is 68.4 Å². The molecule has 0 unspecified atom stereocenters. The van der Waals surface area contributed by atoms with Gasteiger partial charge in [0.1, 0.15) is 0 Å². The summed E-state index contributed by atoms with van der Waals surface area (Å²) in [6.07, 6.45) is 1.43. The summed E-state index contributed by atoms with van der Waals surface area (Å²) in [6, 6.07) is 15.0. The lowest BCUT2D eigenvalue weighted by atomic mass is 10.1. The third-order valence-corrected chi connectivity index (χ3v) is 3.93. The molecule has 0 saturated carbocycles. The van der Waals surface area contributed by atoms with E-state index < -0.39 is 0 Å². The van der Waals surface area contributed by atoms with Crippen LogP contribution in [0.2, 0.25) is 0 Å². The molecular weight excluding hydrogens is 372 g/mol. The van der Waals surface area contributed by atoms with E-state index in [9.17, 15) is 9.59 Å². The number of hydrogen-bond acceptors (Lipinski definition) is 5. The maximum absolute atomic E-state index is 12.5.